The van der Waals surface area contributed by atoms with Crippen LogP contribution in [0.1, 0.15) is 39.0 Å². The minimum atomic E-state index is -0.190. The molecule has 3 N–H and O–H groups in total. The molecule has 5 heteroatoms. The highest BCUT2D eigenvalue weighted by atomic mass is 16.3. The van der Waals surface area contributed by atoms with Gasteiger partial charge in [0.05, 0.1) is 6.10 Å². The van der Waals surface area contributed by atoms with E-state index in [0.29, 0.717) is 11.8 Å². The Morgan fingerprint density at radius 1 is 1.40 bits per heavy atom. The Morgan fingerprint density at radius 2 is 2.15 bits per heavy atom. The maximum atomic E-state index is 11.6. The zero-order chi connectivity index (χ0) is 14.5. The SMILES string of the molecule is CC(=O)N1CC(CC(O)C2CC2)CC(NCCCO)C1. The van der Waals surface area contributed by atoms with Gasteiger partial charge < -0.3 is 20.4 Å². The van der Waals surface area contributed by atoms with Crippen LogP contribution in [-0.4, -0.2) is 59.4 Å². The van der Waals surface area contributed by atoms with Crippen LogP contribution >= 0.6 is 0 Å². The number of piperidine rings is 1. The van der Waals surface area contributed by atoms with E-state index in [0.717, 1.165) is 51.7 Å². The number of aliphatic hydroxyl groups excluding tert-OH is 2. The molecule has 2 aliphatic rings. The summed E-state index contributed by atoms with van der Waals surface area (Å²) in [4.78, 5) is 13.5. The highest BCUT2D eigenvalue weighted by Crippen LogP contribution is 2.36. The zero-order valence-corrected chi connectivity index (χ0v) is 12.4. The van der Waals surface area contributed by atoms with E-state index < -0.39 is 0 Å². The molecule has 1 amide bonds. The molecule has 1 heterocycles. The first kappa shape index (κ1) is 15.7. The van der Waals surface area contributed by atoms with Crippen molar-refractivity contribution in [2.45, 2.75) is 51.2 Å². The third-order valence-electron chi connectivity index (χ3n) is 4.49. The lowest BCUT2D eigenvalue weighted by atomic mass is 9.88. The second-order valence-corrected chi connectivity index (χ2v) is 6.39. The lowest BCUT2D eigenvalue weighted by Crippen LogP contribution is -2.51. The minimum Gasteiger partial charge on any atom is -0.396 e. The fourth-order valence-electron chi connectivity index (χ4n) is 3.18. The minimum absolute atomic E-state index is 0.115. The van der Waals surface area contributed by atoms with Gasteiger partial charge in [-0.2, -0.15) is 0 Å². The summed E-state index contributed by atoms with van der Waals surface area (Å²) >= 11 is 0. The zero-order valence-electron chi connectivity index (χ0n) is 12.4. The third-order valence-corrected chi connectivity index (χ3v) is 4.49. The molecule has 1 saturated carbocycles. The number of amides is 1. The van der Waals surface area contributed by atoms with E-state index in [4.69, 9.17) is 5.11 Å². The van der Waals surface area contributed by atoms with Crippen molar-refractivity contribution in [3.05, 3.63) is 0 Å². The first-order valence-electron chi connectivity index (χ1n) is 7.88. The van der Waals surface area contributed by atoms with Crippen LogP contribution in [0.5, 0.6) is 0 Å². The summed E-state index contributed by atoms with van der Waals surface area (Å²) in [6.45, 7) is 4.11. The van der Waals surface area contributed by atoms with Crippen LogP contribution in [-0.2, 0) is 4.79 Å². The maximum absolute atomic E-state index is 11.6. The van der Waals surface area contributed by atoms with Gasteiger partial charge in [-0.05, 0) is 50.5 Å². The second-order valence-electron chi connectivity index (χ2n) is 6.39. The summed E-state index contributed by atoms with van der Waals surface area (Å²) in [6.07, 6.45) is 4.69. The van der Waals surface area contributed by atoms with E-state index in [-0.39, 0.29) is 24.7 Å². The number of hydrogen-bond acceptors (Lipinski definition) is 4. The highest BCUT2D eigenvalue weighted by molar-refractivity contribution is 5.73. The lowest BCUT2D eigenvalue weighted by molar-refractivity contribution is -0.131. The Kier molecular flexibility index (Phi) is 5.81. The molecule has 0 bridgehead atoms. The van der Waals surface area contributed by atoms with E-state index >= 15 is 0 Å². The number of likely N-dealkylation sites (tertiary alicyclic amines) is 1. The number of nitrogens with one attached hydrogen (secondary N) is 1. The van der Waals surface area contributed by atoms with Gasteiger partial charge in [-0.1, -0.05) is 0 Å². The predicted octanol–water partition coefficient (Wildman–Crippen LogP) is 0.356. The van der Waals surface area contributed by atoms with Crippen molar-refractivity contribution >= 4 is 5.91 Å². The van der Waals surface area contributed by atoms with Gasteiger partial charge in [0, 0.05) is 32.7 Å². The molecule has 3 unspecified atom stereocenters. The monoisotopic (exact) mass is 284 g/mol. The van der Waals surface area contributed by atoms with Crippen LogP contribution in [0.25, 0.3) is 0 Å². The molecule has 0 aromatic rings. The molecule has 5 nitrogen and oxygen atoms in total. The van der Waals surface area contributed by atoms with Crippen molar-refractivity contribution in [1.29, 1.82) is 0 Å². The van der Waals surface area contributed by atoms with Crippen LogP contribution in [0, 0.1) is 11.8 Å². The van der Waals surface area contributed by atoms with Crippen LogP contribution in [0.3, 0.4) is 0 Å². The standard InChI is InChI=1S/C15H28N2O3/c1-11(19)17-9-12(8-15(20)13-3-4-13)7-14(10-17)16-5-2-6-18/h12-16,18,20H,2-10H2,1H3. The smallest absolute Gasteiger partial charge is 0.219 e. The number of rotatable bonds is 7. The molecular formula is C15H28N2O3. The van der Waals surface area contributed by atoms with E-state index in [1.807, 2.05) is 4.90 Å². The Bertz CT molecular complexity index is 320. The molecule has 20 heavy (non-hydrogen) atoms. The third kappa shape index (κ3) is 4.72. The first-order chi connectivity index (χ1) is 9.60. The van der Waals surface area contributed by atoms with E-state index in [1.165, 1.54) is 0 Å². The normalized spacial score (nSPS) is 28.4. The average Bonchev–Trinajstić information content (AvgIpc) is 3.23. The topological polar surface area (TPSA) is 72.8 Å². The van der Waals surface area contributed by atoms with Crippen LogP contribution < -0.4 is 5.32 Å². The largest absolute Gasteiger partial charge is 0.396 e. The summed E-state index contributed by atoms with van der Waals surface area (Å²) in [5, 5.41) is 22.4. The Balaban J connectivity index is 1.84. The van der Waals surface area contributed by atoms with Gasteiger partial charge in [0.15, 0.2) is 0 Å². The number of nitrogens with zero attached hydrogens (tertiary/aromatic N) is 1. The highest BCUT2D eigenvalue weighted by Gasteiger charge is 2.34. The van der Waals surface area contributed by atoms with Gasteiger partial charge in [0.2, 0.25) is 5.91 Å². The van der Waals surface area contributed by atoms with Gasteiger partial charge in [-0.25, -0.2) is 0 Å². The molecule has 0 radical (unpaired) electrons. The Morgan fingerprint density at radius 3 is 2.75 bits per heavy atom. The Labute approximate surface area is 121 Å². The molecule has 0 aromatic carbocycles. The van der Waals surface area contributed by atoms with Crippen molar-refractivity contribution in [3.63, 3.8) is 0 Å². The molecule has 2 fully saturated rings. The predicted molar refractivity (Wildman–Crippen MR) is 77.2 cm³/mol. The van der Waals surface area contributed by atoms with Crippen molar-refractivity contribution in [1.82, 2.24) is 10.2 Å². The summed E-state index contributed by atoms with van der Waals surface area (Å²) in [6, 6.07) is 0.288. The molecule has 116 valence electrons. The molecule has 3 atom stereocenters. The lowest BCUT2D eigenvalue weighted by Gasteiger charge is -2.38. The van der Waals surface area contributed by atoms with Crippen molar-refractivity contribution in [2.75, 3.05) is 26.2 Å². The van der Waals surface area contributed by atoms with Crippen LogP contribution in [0.4, 0.5) is 0 Å². The van der Waals surface area contributed by atoms with Gasteiger partial charge in [-0.3, -0.25) is 4.79 Å². The van der Waals surface area contributed by atoms with E-state index in [2.05, 4.69) is 5.32 Å². The van der Waals surface area contributed by atoms with E-state index in [1.54, 1.807) is 6.92 Å². The molecule has 2 rings (SSSR count). The number of hydrogen-bond donors (Lipinski definition) is 3. The summed E-state index contributed by atoms with van der Waals surface area (Å²) in [5.74, 6) is 1.00. The fraction of sp³-hybridized carbons (Fsp3) is 0.933. The second kappa shape index (κ2) is 7.38. The van der Waals surface area contributed by atoms with E-state index in [9.17, 15) is 9.90 Å². The molecule has 1 aliphatic heterocycles. The molecule has 0 aromatic heterocycles. The van der Waals surface area contributed by atoms with Crippen LogP contribution in [0.2, 0.25) is 0 Å². The van der Waals surface area contributed by atoms with Crippen LogP contribution in [0.15, 0.2) is 0 Å². The number of carbonyl (C=O) groups is 1. The van der Waals surface area contributed by atoms with Crippen molar-refractivity contribution in [3.8, 4) is 0 Å². The first-order valence-corrected chi connectivity index (χ1v) is 7.88. The number of carbonyl (C=O) groups excluding carboxylic acids is 1. The number of aliphatic hydroxyl groups is 2. The summed E-state index contributed by atoms with van der Waals surface area (Å²) in [5.41, 5.74) is 0. The fourth-order valence-corrected chi connectivity index (χ4v) is 3.18. The van der Waals surface area contributed by atoms with Gasteiger partial charge in [-0.15, -0.1) is 0 Å². The van der Waals surface area contributed by atoms with Crippen molar-refractivity contribution in [2.24, 2.45) is 11.8 Å². The van der Waals surface area contributed by atoms with Gasteiger partial charge >= 0.3 is 0 Å². The molecular weight excluding hydrogens is 256 g/mol. The molecule has 1 aliphatic carbocycles. The summed E-state index contributed by atoms with van der Waals surface area (Å²) < 4.78 is 0. The molecule has 0 spiro atoms. The van der Waals surface area contributed by atoms with Gasteiger partial charge in [0.1, 0.15) is 0 Å². The summed E-state index contributed by atoms with van der Waals surface area (Å²) in [7, 11) is 0. The average molecular weight is 284 g/mol. The maximum Gasteiger partial charge on any atom is 0.219 e. The van der Waals surface area contributed by atoms with Gasteiger partial charge in [0.25, 0.3) is 0 Å². The molecule has 1 saturated heterocycles. The quantitative estimate of drug-likeness (QED) is 0.590. The van der Waals surface area contributed by atoms with Crippen molar-refractivity contribution < 1.29 is 15.0 Å². The Hall–Kier alpha value is -0.650.